The van der Waals surface area contributed by atoms with Crippen molar-refractivity contribution < 1.29 is 0 Å². The van der Waals surface area contributed by atoms with Crippen LogP contribution in [-0.2, 0) is 6.54 Å². The normalized spacial score (nSPS) is 15.5. The van der Waals surface area contributed by atoms with Crippen LogP contribution in [-0.4, -0.2) is 31.1 Å². The van der Waals surface area contributed by atoms with E-state index in [1.807, 2.05) is 12.1 Å². The van der Waals surface area contributed by atoms with E-state index in [9.17, 15) is 0 Å². The first kappa shape index (κ1) is 12.9. The van der Waals surface area contributed by atoms with Gasteiger partial charge < -0.3 is 10.2 Å². The summed E-state index contributed by atoms with van der Waals surface area (Å²) >= 11 is 5.96. The fourth-order valence-corrected chi connectivity index (χ4v) is 2.18. The summed E-state index contributed by atoms with van der Waals surface area (Å²) in [6, 6.07) is 6.94. The number of benzene rings is 1. The number of hydrogen-bond donors (Lipinski definition) is 1. The topological polar surface area (TPSA) is 15.3 Å². The number of halogens is 1. The highest BCUT2D eigenvalue weighted by Gasteiger charge is 2.19. The number of hydrogen-bond acceptors (Lipinski definition) is 2. The summed E-state index contributed by atoms with van der Waals surface area (Å²) in [5.41, 5.74) is 2.64. The minimum Gasteiger partial charge on any atom is -0.313 e. The Morgan fingerprint density at radius 1 is 1.41 bits per heavy atom. The second-order valence-corrected chi connectivity index (χ2v) is 5.47. The van der Waals surface area contributed by atoms with Crippen molar-refractivity contribution in [3.63, 3.8) is 0 Å². The van der Waals surface area contributed by atoms with Crippen molar-refractivity contribution in [2.45, 2.75) is 32.4 Å². The molecule has 1 N–H and O–H groups in total. The molecule has 0 heterocycles. The highest BCUT2D eigenvalue weighted by atomic mass is 35.5. The smallest absolute Gasteiger partial charge is 0.0408 e. The Morgan fingerprint density at radius 3 is 2.82 bits per heavy atom. The molecule has 17 heavy (non-hydrogen) atoms. The van der Waals surface area contributed by atoms with Crippen LogP contribution in [0.1, 0.15) is 24.0 Å². The van der Waals surface area contributed by atoms with E-state index in [2.05, 4.69) is 30.3 Å². The van der Waals surface area contributed by atoms with Crippen molar-refractivity contribution >= 4 is 11.6 Å². The molecule has 1 aliphatic rings. The molecule has 3 heteroatoms. The highest BCUT2D eigenvalue weighted by Crippen LogP contribution is 2.18. The Hall–Kier alpha value is -0.570. The first-order valence-electron chi connectivity index (χ1n) is 6.32. The van der Waals surface area contributed by atoms with Gasteiger partial charge in [0.05, 0.1) is 0 Å². The minimum absolute atomic E-state index is 0.806. The largest absolute Gasteiger partial charge is 0.313 e. The Morgan fingerprint density at radius 2 is 2.18 bits per heavy atom. The van der Waals surface area contributed by atoms with E-state index in [4.69, 9.17) is 11.6 Å². The van der Waals surface area contributed by atoms with E-state index < -0.39 is 0 Å². The lowest BCUT2D eigenvalue weighted by molar-refractivity contribution is 0.323. The van der Waals surface area contributed by atoms with Crippen molar-refractivity contribution in [2.75, 3.05) is 20.1 Å². The zero-order chi connectivity index (χ0) is 12.3. The Bertz CT molecular complexity index is 374. The molecule has 0 radical (unpaired) electrons. The van der Waals surface area contributed by atoms with Gasteiger partial charge in [0.15, 0.2) is 0 Å². The van der Waals surface area contributed by atoms with Gasteiger partial charge >= 0.3 is 0 Å². The first-order valence-corrected chi connectivity index (χ1v) is 6.70. The van der Waals surface area contributed by atoms with Gasteiger partial charge in [-0.1, -0.05) is 17.7 Å². The zero-order valence-corrected chi connectivity index (χ0v) is 11.4. The summed E-state index contributed by atoms with van der Waals surface area (Å²) in [5, 5.41) is 4.36. The van der Waals surface area contributed by atoms with Crippen LogP contribution < -0.4 is 5.32 Å². The number of rotatable bonds is 6. The average Bonchev–Trinajstić information content (AvgIpc) is 3.06. The molecule has 1 aromatic rings. The summed E-state index contributed by atoms with van der Waals surface area (Å²) in [6.45, 7) is 5.30. The van der Waals surface area contributed by atoms with E-state index >= 15 is 0 Å². The standard InChI is InChI=1S/C14H21ClN2/c1-11-9-13(15)4-3-12(11)10-17(2)8-7-16-14-5-6-14/h3-4,9,14,16H,5-8,10H2,1-2H3. The molecule has 1 aromatic carbocycles. The van der Waals surface area contributed by atoms with E-state index in [1.54, 1.807) is 0 Å². The Kier molecular flexibility index (Phi) is 4.43. The van der Waals surface area contributed by atoms with Gasteiger partial charge in [0.25, 0.3) is 0 Å². The van der Waals surface area contributed by atoms with E-state index in [1.165, 1.54) is 24.0 Å². The van der Waals surface area contributed by atoms with Gasteiger partial charge in [-0.15, -0.1) is 0 Å². The molecule has 0 saturated heterocycles. The lowest BCUT2D eigenvalue weighted by atomic mass is 10.1. The van der Waals surface area contributed by atoms with Crippen molar-refractivity contribution in [2.24, 2.45) is 0 Å². The van der Waals surface area contributed by atoms with Gasteiger partial charge in [-0.3, -0.25) is 0 Å². The molecule has 0 unspecified atom stereocenters. The maximum atomic E-state index is 5.96. The van der Waals surface area contributed by atoms with E-state index in [0.717, 1.165) is 30.7 Å². The van der Waals surface area contributed by atoms with E-state index in [0.29, 0.717) is 0 Å². The van der Waals surface area contributed by atoms with Crippen molar-refractivity contribution in [3.8, 4) is 0 Å². The van der Waals surface area contributed by atoms with Crippen molar-refractivity contribution in [1.29, 1.82) is 0 Å². The molecular formula is C14H21ClN2. The third kappa shape index (κ3) is 4.30. The number of aryl methyl sites for hydroxylation is 1. The first-order chi connectivity index (χ1) is 8.15. The number of nitrogens with zero attached hydrogens (tertiary/aromatic N) is 1. The Balaban J connectivity index is 1.77. The third-order valence-corrected chi connectivity index (χ3v) is 3.48. The highest BCUT2D eigenvalue weighted by molar-refractivity contribution is 6.30. The second kappa shape index (κ2) is 5.85. The summed E-state index contributed by atoms with van der Waals surface area (Å²) in [6.07, 6.45) is 2.72. The molecular weight excluding hydrogens is 232 g/mol. The molecule has 0 aliphatic heterocycles. The molecule has 1 aliphatic carbocycles. The summed E-state index contributed by atoms with van der Waals surface area (Å²) < 4.78 is 0. The zero-order valence-electron chi connectivity index (χ0n) is 10.7. The van der Waals surface area contributed by atoms with Crippen molar-refractivity contribution in [1.82, 2.24) is 10.2 Å². The van der Waals surface area contributed by atoms with Crippen LogP contribution in [0.2, 0.25) is 5.02 Å². The maximum absolute atomic E-state index is 5.96. The second-order valence-electron chi connectivity index (χ2n) is 5.04. The SMILES string of the molecule is Cc1cc(Cl)ccc1CN(C)CCNC1CC1. The predicted octanol–water partition coefficient (Wildman–Crippen LogP) is 2.83. The molecule has 2 nitrogen and oxygen atoms in total. The van der Waals surface area contributed by atoms with Crippen molar-refractivity contribution in [3.05, 3.63) is 34.3 Å². The summed E-state index contributed by atoms with van der Waals surface area (Å²) in [5.74, 6) is 0. The molecule has 0 spiro atoms. The van der Waals surface area contributed by atoms with Crippen LogP contribution in [0, 0.1) is 6.92 Å². The van der Waals surface area contributed by atoms with Gasteiger partial charge in [-0.05, 0) is 50.1 Å². The third-order valence-electron chi connectivity index (χ3n) is 3.25. The van der Waals surface area contributed by atoms with Crippen LogP contribution in [0.25, 0.3) is 0 Å². The molecule has 1 saturated carbocycles. The monoisotopic (exact) mass is 252 g/mol. The molecule has 1 fully saturated rings. The summed E-state index contributed by atoms with van der Waals surface area (Å²) in [4.78, 5) is 2.35. The molecule has 0 amide bonds. The van der Waals surface area contributed by atoms with Crippen LogP contribution in [0.4, 0.5) is 0 Å². The summed E-state index contributed by atoms with van der Waals surface area (Å²) in [7, 11) is 2.17. The van der Waals surface area contributed by atoms with Crippen LogP contribution in [0.3, 0.4) is 0 Å². The van der Waals surface area contributed by atoms with Gasteiger partial charge in [-0.2, -0.15) is 0 Å². The molecule has 0 atom stereocenters. The fraction of sp³-hybridized carbons (Fsp3) is 0.571. The van der Waals surface area contributed by atoms with E-state index in [-0.39, 0.29) is 0 Å². The average molecular weight is 253 g/mol. The van der Waals surface area contributed by atoms with Crippen LogP contribution in [0.5, 0.6) is 0 Å². The van der Waals surface area contributed by atoms with Crippen LogP contribution in [0.15, 0.2) is 18.2 Å². The fourth-order valence-electron chi connectivity index (χ4n) is 1.95. The molecule has 0 aromatic heterocycles. The van der Waals surface area contributed by atoms with Gasteiger partial charge in [0, 0.05) is 30.7 Å². The van der Waals surface area contributed by atoms with Gasteiger partial charge in [0.2, 0.25) is 0 Å². The maximum Gasteiger partial charge on any atom is 0.0408 e. The quantitative estimate of drug-likeness (QED) is 0.838. The minimum atomic E-state index is 0.806. The number of nitrogens with one attached hydrogen (secondary N) is 1. The molecule has 0 bridgehead atoms. The molecule has 94 valence electrons. The lowest BCUT2D eigenvalue weighted by Gasteiger charge is -2.18. The van der Waals surface area contributed by atoms with Gasteiger partial charge in [0.1, 0.15) is 0 Å². The number of likely N-dealkylation sites (N-methyl/N-ethyl adjacent to an activating group) is 1. The Labute approximate surface area is 109 Å². The predicted molar refractivity (Wildman–Crippen MR) is 73.5 cm³/mol. The molecule has 2 rings (SSSR count). The van der Waals surface area contributed by atoms with Crippen LogP contribution >= 0.6 is 11.6 Å². The van der Waals surface area contributed by atoms with Gasteiger partial charge in [-0.25, -0.2) is 0 Å². The lowest BCUT2D eigenvalue weighted by Crippen LogP contribution is -2.30.